The summed E-state index contributed by atoms with van der Waals surface area (Å²) >= 11 is 0. The second-order valence-corrected chi connectivity index (χ2v) is 4.18. The van der Waals surface area contributed by atoms with Gasteiger partial charge in [-0.05, 0) is 32.6 Å². The highest BCUT2D eigenvalue weighted by atomic mass is 16.6. The molecular formula is C9H18O. The molecule has 1 saturated heterocycles. The number of ether oxygens (including phenoxy) is 1. The third-order valence-corrected chi connectivity index (χ3v) is 2.17. The molecule has 0 N–H and O–H groups in total. The van der Waals surface area contributed by atoms with Crippen LogP contribution in [-0.2, 0) is 4.74 Å². The maximum Gasteiger partial charge on any atom is 0.0892 e. The molecule has 1 atom stereocenters. The monoisotopic (exact) mass is 142 g/mol. The van der Waals surface area contributed by atoms with Crippen molar-refractivity contribution in [2.24, 2.45) is 5.92 Å². The molecule has 1 aliphatic heterocycles. The highest BCUT2D eigenvalue weighted by Gasteiger charge is 2.46. The lowest BCUT2D eigenvalue weighted by Gasteiger charge is -2.01. The van der Waals surface area contributed by atoms with E-state index in [4.69, 9.17) is 4.74 Å². The number of hydrogen-bond donors (Lipinski definition) is 0. The van der Waals surface area contributed by atoms with Crippen LogP contribution < -0.4 is 0 Å². The smallest absolute Gasteiger partial charge is 0.0892 e. The highest BCUT2D eigenvalue weighted by Crippen LogP contribution is 2.38. The lowest BCUT2D eigenvalue weighted by molar-refractivity contribution is 0.315. The lowest BCUT2D eigenvalue weighted by Crippen LogP contribution is -2.03. The van der Waals surface area contributed by atoms with Crippen LogP contribution in [0.1, 0.15) is 40.5 Å². The SMILES string of the molecule is CC(C)CCC1OC1(C)C. The molecule has 0 aromatic carbocycles. The van der Waals surface area contributed by atoms with Gasteiger partial charge in [-0.1, -0.05) is 13.8 Å². The first kappa shape index (κ1) is 8.06. The summed E-state index contributed by atoms with van der Waals surface area (Å²) in [6.07, 6.45) is 3.09. The van der Waals surface area contributed by atoms with Crippen LogP contribution in [0.25, 0.3) is 0 Å². The van der Waals surface area contributed by atoms with Gasteiger partial charge in [-0.15, -0.1) is 0 Å². The molecule has 0 saturated carbocycles. The van der Waals surface area contributed by atoms with Gasteiger partial charge in [-0.2, -0.15) is 0 Å². The average molecular weight is 142 g/mol. The van der Waals surface area contributed by atoms with Gasteiger partial charge < -0.3 is 4.74 Å². The first-order chi connectivity index (χ1) is 4.52. The van der Waals surface area contributed by atoms with Crippen LogP contribution in [-0.4, -0.2) is 11.7 Å². The molecule has 1 rings (SSSR count). The van der Waals surface area contributed by atoms with Crippen LogP contribution >= 0.6 is 0 Å². The molecule has 1 heteroatoms. The molecule has 1 heterocycles. The van der Waals surface area contributed by atoms with Crippen molar-refractivity contribution in [2.75, 3.05) is 0 Å². The molecule has 10 heavy (non-hydrogen) atoms. The van der Waals surface area contributed by atoms with Gasteiger partial charge in [0, 0.05) is 0 Å². The summed E-state index contributed by atoms with van der Waals surface area (Å²) in [5.74, 6) is 0.819. The van der Waals surface area contributed by atoms with E-state index >= 15 is 0 Å². The van der Waals surface area contributed by atoms with E-state index in [9.17, 15) is 0 Å². The van der Waals surface area contributed by atoms with Gasteiger partial charge in [0.15, 0.2) is 0 Å². The van der Waals surface area contributed by atoms with E-state index < -0.39 is 0 Å². The Morgan fingerprint density at radius 1 is 1.40 bits per heavy atom. The molecular weight excluding hydrogens is 124 g/mol. The van der Waals surface area contributed by atoms with Gasteiger partial charge in [0.2, 0.25) is 0 Å². The molecule has 0 aromatic rings. The number of epoxide rings is 1. The second kappa shape index (κ2) is 2.54. The zero-order valence-corrected chi connectivity index (χ0v) is 7.48. The van der Waals surface area contributed by atoms with Crippen molar-refractivity contribution in [3.05, 3.63) is 0 Å². The number of hydrogen-bond acceptors (Lipinski definition) is 1. The minimum absolute atomic E-state index is 0.203. The maximum absolute atomic E-state index is 5.45. The van der Waals surface area contributed by atoms with Crippen LogP contribution in [0.4, 0.5) is 0 Å². The fourth-order valence-electron chi connectivity index (χ4n) is 1.22. The Bertz CT molecular complexity index is 116. The Hall–Kier alpha value is -0.0400. The Labute approximate surface area is 63.8 Å². The summed E-state index contributed by atoms with van der Waals surface area (Å²) in [5, 5.41) is 0. The molecule has 0 amide bonds. The average Bonchev–Trinajstić information content (AvgIpc) is 2.35. The van der Waals surface area contributed by atoms with E-state index in [2.05, 4.69) is 27.7 Å². The van der Waals surface area contributed by atoms with Crippen molar-refractivity contribution >= 4 is 0 Å². The van der Waals surface area contributed by atoms with Gasteiger partial charge in [0.1, 0.15) is 0 Å². The molecule has 1 fully saturated rings. The van der Waals surface area contributed by atoms with Crippen molar-refractivity contribution in [1.82, 2.24) is 0 Å². The molecule has 1 aliphatic rings. The van der Waals surface area contributed by atoms with Gasteiger partial charge in [0.25, 0.3) is 0 Å². The van der Waals surface area contributed by atoms with Gasteiger partial charge in [-0.25, -0.2) is 0 Å². The lowest BCUT2D eigenvalue weighted by atomic mass is 10.0. The highest BCUT2D eigenvalue weighted by molar-refractivity contribution is 4.94. The quantitative estimate of drug-likeness (QED) is 0.552. The van der Waals surface area contributed by atoms with E-state index in [-0.39, 0.29) is 5.60 Å². The van der Waals surface area contributed by atoms with E-state index in [1.165, 1.54) is 12.8 Å². The first-order valence-electron chi connectivity index (χ1n) is 4.20. The minimum atomic E-state index is 0.203. The summed E-state index contributed by atoms with van der Waals surface area (Å²) in [6, 6.07) is 0. The molecule has 0 bridgehead atoms. The summed E-state index contributed by atoms with van der Waals surface area (Å²) in [5.41, 5.74) is 0.203. The Morgan fingerprint density at radius 2 is 1.90 bits per heavy atom. The molecule has 0 radical (unpaired) electrons. The summed E-state index contributed by atoms with van der Waals surface area (Å²) in [7, 11) is 0. The van der Waals surface area contributed by atoms with Crippen LogP contribution in [0, 0.1) is 5.92 Å². The summed E-state index contributed by atoms with van der Waals surface area (Å²) < 4.78 is 5.45. The predicted octanol–water partition coefficient (Wildman–Crippen LogP) is 2.60. The molecule has 0 aromatic heterocycles. The normalized spacial score (nSPS) is 29.1. The third-order valence-electron chi connectivity index (χ3n) is 2.17. The summed E-state index contributed by atoms with van der Waals surface area (Å²) in [4.78, 5) is 0. The van der Waals surface area contributed by atoms with Crippen LogP contribution in [0.5, 0.6) is 0 Å². The maximum atomic E-state index is 5.45. The fraction of sp³-hybridized carbons (Fsp3) is 1.00. The van der Waals surface area contributed by atoms with E-state index in [0.29, 0.717) is 6.10 Å². The van der Waals surface area contributed by atoms with E-state index in [0.717, 1.165) is 5.92 Å². The molecule has 60 valence electrons. The van der Waals surface area contributed by atoms with E-state index in [1.54, 1.807) is 0 Å². The zero-order chi connectivity index (χ0) is 7.78. The molecule has 0 aliphatic carbocycles. The van der Waals surface area contributed by atoms with Crippen LogP contribution in [0.15, 0.2) is 0 Å². The van der Waals surface area contributed by atoms with Gasteiger partial charge in [-0.3, -0.25) is 0 Å². The first-order valence-corrected chi connectivity index (χ1v) is 4.20. The Balaban J connectivity index is 2.07. The second-order valence-electron chi connectivity index (χ2n) is 4.18. The Morgan fingerprint density at radius 3 is 2.20 bits per heavy atom. The van der Waals surface area contributed by atoms with Crippen molar-refractivity contribution in [2.45, 2.75) is 52.2 Å². The topological polar surface area (TPSA) is 12.5 Å². The third kappa shape index (κ3) is 1.98. The van der Waals surface area contributed by atoms with Crippen molar-refractivity contribution in [3.63, 3.8) is 0 Å². The van der Waals surface area contributed by atoms with Gasteiger partial charge >= 0.3 is 0 Å². The zero-order valence-electron chi connectivity index (χ0n) is 7.48. The fourth-order valence-corrected chi connectivity index (χ4v) is 1.22. The van der Waals surface area contributed by atoms with Crippen LogP contribution in [0.3, 0.4) is 0 Å². The molecule has 0 spiro atoms. The van der Waals surface area contributed by atoms with Gasteiger partial charge in [0.05, 0.1) is 11.7 Å². The standard InChI is InChI=1S/C9H18O/c1-7(2)5-6-8-9(3,4)10-8/h7-8H,5-6H2,1-4H3. The van der Waals surface area contributed by atoms with Crippen LogP contribution in [0.2, 0.25) is 0 Å². The van der Waals surface area contributed by atoms with Crippen molar-refractivity contribution in [1.29, 1.82) is 0 Å². The van der Waals surface area contributed by atoms with Crippen molar-refractivity contribution in [3.8, 4) is 0 Å². The molecule has 1 nitrogen and oxygen atoms in total. The minimum Gasteiger partial charge on any atom is -0.367 e. The van der Waals surface area contributed by atoms with Crippen molar-refractivity contribution < 1.29 is 4.74 Å². The number of rotatable bonds is 3. The Kier molecular flexibility index (Phi) is 2.04. The molecule has 1 unspecified atom stereocenters. The summed E-state index contributed by atoms with van der Waals surface area (Å²) in [6.45, 7) is 8.85. The predicted molar refractivity (Wildman–Crippen MR) is 43.0 cm³/mol. The van der Waals surface area contributed by atoms with E-state index in [1.807, 2.05) is 0 Å². The largest absolute Gasteiger partial charge is 0.367 e.